The summed E-state index contributed by atoms with van der Waals surface area (Å²) < 4.78 is 24.3. The monoisotopic (exact) mass is 371 g/mol. The number of benzene rings is 2. The molecule has 2 amide bonds. The molecule has 0 N–H and O–H groups in total. The summed E-state index contributed by atoms with van der Waals surface area (Å²) in [4.78, 5) is 41.7. The molecule has 132 valence electrons. The minimum Gasteiger partial charge on any atom is -0.324 e. The zero-order chi connectivity index (χ0) is 18.5. The molecule has 1 saturated carbocycles. The maximum Gasteiger partial charge on any atom is 0.363 e. The summed E-state index contributed by atoms with van der Waals surface area (Å²) in [6.45, 7) is 0. The number of amides is 2. The Morgan fingerprint density at radius 1 is 0.923 bits per heavy atom. The Kier molecular flexibility index (Phi) is 3.66. The molecule has 2 aliphatic rings. The van der Waals surface area contributed by atoms with E-state index in [-0.39, 0.29) is 26.8 Å². The molecule has 1 aliphatic carbocycles. The second-order valence-corrected chi connectivity index (χ2v) is 8.33. The first-order valence-corrected chi connectivity index (χ1v) is 9.48. The summed E-state index contributed by atoms with van der Waals surface area (Å²) in [5.41, 5.74) is 0.364. The van der Waals surface area contributed by atoms with Gasteiger partial charge in [0.25, 0.3) is 11.8 Å². The Morgan fingerprint density at radius 2 is 1.46 bits per heavy atom. The highest BCUT2D eigenvalue weighted by molar-refractivity contribution is 7.92. The highest BCUT2D eigenvalue weighted by atomic mass is 32.2. The lowest BCUT2D eigenvalue weighted by Crippen LogP contribution is -2.32. The third-order valence-electron chi connectivity index (χ3n) is 4.31. The van der Waals surface area contributed by atoms with Crippen molar-refractivity contribution in [3.05, 3.63) is 65.2 Å². The third-order valence-corrected chi connectivity index (χ3v) is 6.59. The minimum absolute atomic E-state index is 0.0382. The predicted molar refractivity (Wildman–Crippen MR) is 89.0 cm³/mol. The van der Waals surface area contributed by atoms with Crippen LogP contribution in [0.3, 0.4) is 0 Å². The lowest BCUT2D eigenvalue weighted by atomic mass is 10.1. The van der Waals surface area contributed by atoms with Gasteiger partial charge in [0.05, 0.1) is 26.8 Å². The van der Waals surface area contributed by atoms with Crippen LogP contribution in [0.4, 0.5) is 0 Å². The fourth-order valence-electron chi connectivity index (χ4n) is 2.74. The SMILES string of the molecule is O=C(ON1C(=O)c2ccccc2C1=O)c1ccc(S(=O)(=O)C2CC2)cc1. The van der Waals surface area contributed by atoms with Crippen LogP contribution in [0.2, 0.25) is 0 Å². The van der Waals surface area contributed by atoms with E-state index in [9.17, 15) is 22.8 Å². The fourth-order valence-corrected chi connectivity index (χ4v) is 4.39. The Bertz CT molecular complexity index is 1000. The highest BCUT2D eigenvalue weighted by Crippen LogP contribution is 2.33. The number of hydroxylamine groups is 2. The number of hydrogen-bond donors (Lipinski definition) is 0. The molecule has 0 unspecified atom stereocenters. The van der Waals surface area contributed by atoms with Gasteiger partial charge in [-0.05, 0) is 49.2 Å². The molecule has 0 spiro atoms. The number of imide groups is 1. The molecule has 7 nitrogen and oxygen atoms in total. The summed E-state index contributed by atoms with van der Waals surface area (Å²) in [6, 6.07) is 11.4. The van der Waals surface area contributed by atoms with Gasteiger partial charge in [-0.2, -0.15) is 0 Å². The van der Waals surface area contributed by atoms with Gasteiger partial charge in [-0.25, -0.2) is 13.2 Å². The van der Waals surface area contributed by atoms with Crippen molar-refractivity contribution in [3.63, 3.8) is 0 Å². The quantitative estimate of drug-likeness (QED) is 0.763. The number of carbonyl (C=O) groups is 3. The second-order valence-electron chi connectivity index (χ2n) is 6.10. The number of fused-ring (bicyclic) bond motifs is 1. The van der Waals surface area contributed by atoms with Gasteiger partial charge in [0.15, 0.2) is 9.84 Å². The molecule has 8 heteroatoms. The van der Waals surface area contributed by atoms with Crippen LogP contribution in [0.15, 0.2) is 53.4 Å². The highest BCUT2D eigenvalue weighted by Gasteiger charge is 2.39. The van der Waals surface area contributed by atoms with Crippen molar-refractivity contribution < 1.29 is 27.6 Å². The third kappa shape index (κ3) is 2.59. The van der Waals surface area contributed by atoms with E-state index in [0.29, 0.717) is 17.9 Å². The van der Waals surface area contributed by atoms with Gasteiger partial charge >= 0.3 is 5.97 Å². The van der Waals surface area contributed by atoms with Crippen molar-refractivity contribution in [1.29, 1.82) is 0 Å². The Morgan fingerprint density at radius 3 is 1.96 bits per heavy atom. The van der Waals surface area contributed by atoms with Crippen molar-refractivity contribution in [2.45, 2.75) is 23.0 Å². The Hall–Kier alpha value is -3.00. The first-order valence-electron chi connectivity index (χ1n) is 7.93. The van der Waals surface area contributed by atoms with E-state index in [1.165, 1.54) is 36.4 Å². The van der Waals surface area contributed by atoms with E-state index in [4.69, 9.17) is 4.84 Å². The van der Waals surface area contributed by atoms with Crippen LogP contribution in [0, 0.1) is 0 Å². The van der Waals surface area contributed by atoms with E-state index in [0.717, 1.165) is 0 Å². The predicted octanol–water partition coefficient (Wildman–Crippen LogP) is 1.99. The van der Waals surface area contributed by atoms with Crippen LogP contribution in [0.5, 0.6) is 0 Å². The van der Waals surface area contributed by atoms with E-state index in [1.807, 2.05) is 0 Å². The molecular formula is C18H13NO6S. The summed E-state index contributed by atoms with van der Waals surface area (Å²) in [5.74, 6) is -2.35. The summed E-state index contributed by atoms with van der Waals surface area (Å²) in [6.07, 6.45) is 1.29. The second kappa shape index (κ2) is 5.77. The number of hydrogen-bond acceptors (Lipinski definition) is 6. The molecule has 2 aromatic rings. The summed E-state index contributed by atoms with van der Waals surface area (Å²) in [7, 11) is -3.36. The number of rotatable bonds is 4. The van der Waals surface area contributed by atoms with E-state index < -0.39 is 27.6 Å². The first kappa shape index (κ1) is 16.5. The van der Waals surface area contributed by atoms with Crippen molar-refractivity contribution in [3.8, 4) is 0 Å². The maximum absolute atomic E-state index is 12.2. The number of nitrogens with zero attached hydrogens (tertiary/aromatic N) is 1. The van der Waals surface area contributed by atoms with Crippen LogP contribution in [-0.2, 0) is 14.7 Å². The van der Waals surface area contributed by atoms with Gasteiger partial charge in [-0.15, -0.1) is 0 Å². The fraction of sp³-hybridized carbons (Fsp3) is 0.167. The van der Waals surface area contributed by atoms with E-state index >= 15 is 0 Å². The van der Waals surface area contributed by atoms with Crippen LogP contribution < -0.4 is 0 Å². The Labute approximate surface area is 149 Å². The van der Waals surface area contributed by atoms with Crippen molar-refractivity contribution >= 4 is 27.6 Å². The zero-order valence-corrected chi connectivity index (χ0v) is 14.2. The van der Waals surface area contributed by atoms with Gasteiger partial charge in [0.1, 0.15) is 0 Å². The maximum atomic E-state index is 12.2. The molecule has 4 rings (SSSR count). The summed E-state index contributed by atoms with van der Waals surface area (Å²) >= 11 is 0. The molecular weight excluding hydrogens is 358 g/mol. The molecule has 0 aromatic heterocycles. The minimum atomic E-state index is -3.36. The van der Waals surface area contributed by atoms with Gasteiger partial charge in [-0.1, -0.05) is 17.2 Å². The number of sulfone groups is 1. The molecule has 1 aliphatic heterocycles. The standard InChI is InChI=1S/C18H13NO6S/c20-16-14-3-1-2-4-15(14)17(21)19(16)25-18(22)11-5-7-12(8-6-11)26(23,24)13-9-10-13/h1-8,13H,9-10H2. The topological polar surface area (TPSA) is 97.8 Å². The van der Waals surface area contributed by atoms with Crippen LogP contribution in [0.25, 0.3) is 0 Å². The first-order chi connectivity index (χ1) is 12.4. The van der Waals surface area contributed by atoms with Crippen molar-refractivity contribution in [2.75, 3.05) is 0 Å². The van der Waals surface area contributed by atoms with Gasteiger partial charge in [0.2, 0.25) is 0 Å². The largest absolute Gasteiger partial charge is 0.363 e. The van der Waals surface area contributed by atoms with Crippen molar-refractivity contribution in [2.24, 2.45) is 0 Å². The van der Waals surface area contributed by atoms with Crippen LogP contribution in [0.1, 0.15) is 43.9 Å². The molecule has 1 fully saturated rings. The zero-order valence-electron chi connectivity index (χ0n) is 13.4. The molecule has 1 heterocycles. The smallest absolute Gasteiger partial charge is 0.324 e. The van der Waals surface area contributed by atoms with E-state index in [2.05, 4.69) is 0 Å². The normalized spacial score (nSPS) is 16.5. The molecule has 0 atom stereocenters. The average molecular weight is 371 g/mol. The van der Waals surface area contributed by atoms with Crippen molar-refractivity contribution in [1.82, 2.24) is 5.06 Å². The lowest BCUT2D eigenvalue weighted by Gasteiger charge is -2.12. The van der Waals surface area contributed by atoms with Crippen LogP contribution in [-0.4, -0.2) is 36.5 Å². The van der Waals surface area contributed by atoms with E-state index in [1.54, 1.807) is 12.1 Å². The lowest BCUT2D eigenvalue weighted by molar-refractivity contribution is -0.0584. The Balaban J connectivity index is 1.52. The van der Waals surface area contributed by atoms with Gasteiger partial charge in [0, 0.05) is 0 Å². The molecule has 2 aromatic carbocycles. The molecule has 26 heavy (non-hydrogen) atoms. The van der Waals surface area contributed by atoms with Gasteiger partial charge in [-0.3, -0.25) is 9.59 Å². The average Bonchev–Trinajstić information content (AvgIpc) is 3.48. The van der Waals surface area contributed by atoms with Gasteiger partial charge < -0.3 is 4.84 Å². The molecule has 0 saturated heterocycles. The summed E-state index contributed by atoms with van der Waals surface area (Å²) in [5, 5.41) is 0.0700. The van der Waals surface area contributed by atoms with Crippen LogP contribution >= 0.6 is 0 Å². The molecule has 0 radical (unpaired) electrons. The number of carbonyl (C=O) groups excluding carboxylic acids is 3. The molecule has 0 bridgehead atoms.